The number of anilines is 1. The number of imide groups is 1. The number of amides is 2. The normalized spacial score (nSPS) is 26.0. The van der Waals surface area contributed by atoms with Crippen molar-refractivity contribution in [3.8, 4) is 11.5 Å². The van der Waals surface area contributed by atoms with E-state index < -0.39 is 17.8 Å². The first-order valence-corrected chi connectivity index (χ1v) is 13.9. The number of Topliss-reactive ketones (excluding diaryl/α,β-unsaturated/α-hetero) is 1. The van der Waals surface area contributed by atoms with Crippen molar-refractivity contribution in [2.24, 2.45) is 23.7 Å². The van der Waals surface area contributed by atoms with E-state index in [0.717, 1.165) is 15.6 Å². The van der Waals surface area contributed by atoms with E-state index in [9.17, 15) is 24.3 Å². The van der Waals surface area contributed by atoms with Crippen molar-refractivity contribution < 1.29 is 29.0 Å². The largest absolute Gasteiger partial charge is 0.504 e. The van der Waals surface area contributed by atoms with Gasteiger partial charge in [-0.2, -0.15) is 0 Å². The van der Waals surface area contributed by atoms with Crippen LogP contribution in [-0.4, -0.2) is 35.6 Å². The Balaban J connectivity index is 1.42. The van der Waals surface area contributed by atoms with Gasteiger partial charge in [-0.05, 0) is 73.7 Å². The van der Waals surface area contributed by atoms with Crippen LogP contribution in [0.3, 0.4) is 0 Å². The van der Waals surface area contributed by atoms with Gasteiger partial charge in [0.15, 0.2) is 23.1 Å². The molecule has 1 fully saturated rings. The average Bonchev–Trinajstić information content (AvgIpc) is 3.20. The SMILES string of the molecule is COc1cc(C=C[C@H]2C3=CC[C@@H]4C(=O)N(c5ccc(Br)cc5)C(=O)[C@@H]4[C@@H]3CC3=C2C(=O)C=C(C)C3=O)ccc1O. The van der Waals surface area contributed by atoms with Gasteiger partial charge in [-0.25, -0.2) is 0 Å². The smallest absolute Gasteiger partial charge is 0.238 e. The number of hydrogen-bond donors (Lipinski definition) is 1. The van der Waals surface area contributed by atoms with Gasteiger partial charge in [0.25, 0.3) is 0 Å². The van der Waals surface area contributed by atoms with Gasteiger partial charge in [-0.15, -0.1) is 0 Å². The Labute approximate surface area is 239 Å². The highest BCUT2D eigenvalue weighted by Gasteiger charge is 2.56. The Morgan fingerprint density at radius 2 is 1.77 bits per heavy atom. The maximum Gasteiger partial charge on any atom is 0.238 e. The van der Waals surface area contributed by atoms with E-state index in [1.807, 2.05) is 18.2 Å². The lowest BCUT2D eigenvalue weighted by Crippen LogP contribution is -2.40. The predicted octanol–water partition coefficient (Wildman–Crippen LogP) is 5.34. The first-order chi connectivity index (χ1) is 19.2. The molecule has 1 N–H and O–H groups in total. The van der Waals surface area contributed by atoms with Crippen LogP contribution >= 0.6 is 15.9 Å². The first-order valence-electron chi connectivity index (χ1n) is 13.1. The Morgan fingerprint density at radius 1 is 1.02 bits per heavy atom. The van der Waals surface area contributed by atoms with Gasteiger partial charge in [0.05, 0.1) is 24.6 Å². The van der Waals surface area contributed by atoms with Crippen molar-refractivity contribution >= 4 is 51.1 Å². The zero-order valence-electron chi connectivity index (χ0n) is 21.9. The number of fused-ring (bicyclic) bond motifs is 3. The number of ether oxygens (including phenoxy) is 1. The number of nitrogens with zero attached hydrogens (tertiary/aromatic N) is 1. The van der Waals surface area contributed by atoms with E-state index in [0.29, 0.717) is 34.6 Å². The van der Waals surface area contributed by atoms with Crippen LogP contribution in [0.1, 0.15) is 25.3 Å². The molecule has 40 heavy (non-hydrogen) atoms. The molecule has 1 heterocycles. The molecule has 0 spiro atoms. The predicted molar refractivity (Wildman–Crippen MR) is 152 cm³/mol. The van der Waals surface area contributed by atoms with Gasteiger partial charge in [0.2, 0.25) is 11.8 Å². The summed E-state index contributed by atoms with van der Waals surface area (Å²) in [5, 5.41) is 9.98. The molecular formula is C32H26BrNO6. The standard InChI is InChI=1S/C32H26BrNO6/c1-16-13-26(36)28-21(9-3-17-4-12-25(35)27(14-17)40-2)20-10-11-22-29(23(20)15-24(28)30(16)37)32(39)34(31(22)38)19-7-5-18(33)6-8-19/h3-10,12-14,21-23,29,35H,11,15H2,1-2H3/t21-,22-,23+,29-/m0/s1. The molecule has 7 nitrogen and oxygen atoms in total. The minimum Gasteiger partial charge on any atom is -0.504 e. The van der Waals surface area contributed by atoms with Gasteiger partial charge in [0.1, 0.15) is 0 Å². The second kappa shape index (κ2) is 9.86. The van der Waals surface area contributed by atoms with Crippen molar-refractivity contribution in [2.75, 3.05) is 12.0 Å². The summed E-state index contributed by atoms with van der Waals surface area (Å²) in [7, 11) is 1.47. The maximum atomic E-state index is 13.9. The highest BCUT2D eigenvalue weighted by molar-refractivity contribution is 9.10. The van der Waals surface area contributed by atoms with Gasteiger partial charge in [-0.1, -0.05) is 45.8 Å². The second-order valence-corrected chi connectivity index (χ2v) is 11.5. The zero-order valence-corrected chi connectivity index (χ0v) is 23.5. The van der Waals surface area contributed by atoms with E-state index in [1.165, 1.54) is 24.2 Å². The van der Waals surface area contributed by atoms with Crippen LogP contribution in [0.15, 0.2) is 87.5 Å². The Morgan fingerprint density at radius 3 is 2.50 bits per heavy atom. The summed E-state index contributed by atoms with van der Waals surface area (Å²) >= 11 is 3.40. The Kier molecular flexibility index (Phi) is 6.45. The highest BCUT2D eigenvalue weighted by Crippen LogP contribution is 2.53. The average molecular weight is 600 g/mol. The van der Waals surface area contributed by atoms with Crippen LogP contribution in [-0.2, 0) is 19.2 Å². The quantitative estimate of drug-likeness (QED) is 0.289. The number of phenols is 1. The zero-order chi connectivity index (χ0) is 28.3. The fraction of sp³-hybridized carbons (Fsp3) is 0.250. The van der Waals surface area contributed by atoms with E-state index in [2.05, 4.69) is 15.9 Å². The lowest BCUT2D eigenvalue weighted by Gasteiger charge is -2.41. The molecule has 4 aliphatic rings. The minimum atomic E-state index is -0.621. The highest BCUT2D eigenvalue weighted by atomic mass is 79.9. The van der Waals surface area contributed by atoms with Gasteiger partial charge in [-0.3, -0.25) is 24.1 Å². The van der Waals surface area contributed by atoms with Gasteiger partial charge < -0.3 is 9.84 Å². The summed E-state index contributed by atoms with van der Waals surface area (Å²) in [5.41, 5.74) is 3.37. The monoisotopic (exact) mass is 599 g/mol. The molecular weight excluding hydrogens is 574 g/mol. The van der Waals surface area contributed by atoms with Crippen LogP contribution in [0.5, 0.6) is 11.5 Å². The fourth-order valence-corrected chi connectivity index (χ4v) is 6.77. The fourth-order valence-electron chi connectivity index (χ4n) is 6.51. The Hall–Kier alpha value is -4.04. The number of phenolic OH excluding ortho intramolecular Hbond substituents is 1. The topological polar surface area (TPSA) is 101 Å². The summed E-state index contributed by atoms with van der Waals surface area (Å²) in [6.45, 7) is 1.63. The van der Waals surface area contributed by atoms with Crippen LogP contribution in [0, 0.1) is 23.7 Å². The minimum absolute atomic E-state index is 0.0109. The molecule has 202 valence electrons. The molecule has 2 aromatic rings. The lowest BCUT2D eigenvalue weighted by atomic mass is 9.60. The first kappa shape index (κ1) is 26.2. The third-order valence-electron chi connectivity index (χ3n) is 8.38. The van der Waals surface area contributed by atoms with Crippen molar-refractivity contribution in [1.82, 2.24) is 0 Å². The van der Waals surface area contributed by atoms with Crippen LogP contribution in [0.2, 0.25) is 0 Å². The molecule has 0 radical (unpaired) electrons. The van der Waals surface area contributed by atoms with Crippen molar-refractivity contribution in [1.29, 1.82) is 0 Å². The number of allylic oxidation sites excluding steroid dienone is 7. The lowest BCUT2D eigenvalue weighted by molar-refractivity contribution is -0.123. The summed E-state index contributed by atoms with van der Waals surface area (Å²) in [4.78, 5) is 55.3. The molecule has 0 saturated carbocycles. The van der Waals surface area contributed by atoms with Crippen molar-refractivity contribution in [2.45, 2.75) is 19.8 Å². The number of methoxy groups -OCH3 is 1. The summed E-state index contributed by atoms with van der Waals surface area (Å²) in [6.07, 6.45) is 7.69. The number of ketones is 2. The van der Waals surface area contributed by atoms with Crippen LogP contribution in [0.4, 0.5) is 5.69 Å². The van der Waals surface area contributed by atoms with Crippen molar-refractivity contribution in [3.63, 3.8) is 0 Å². The van der Waals surface area contributed by atoms with Gasteiger partial charge >= 0.3 is 0 Å². The molecule has 3 aliphatic carbocycles. The number of halogens is 1. The number of hydrogen-bond acceptors (Lipinski definition) is 6. The summed E-state index contributed by atoms with van der Waals surface area (Å²) in [6, 6.07) is 12.0. The Bertz CT molecular complexity index is 1610. The van der Waals surface area contributed by atoms with Gasteiger partial charge in [0, 0.05) is 27.1 Å². The number of carbonyl (C=O) groups excluding carboxylic acids is 4. The molecule has 2 aromatic carbocycles. The van der Waals surface area contributed by atoms with E-state index in [4.69, 9.17) is 4.74 Å². The molecule has 1 saturated heterocycles. The third-order valence-corrected chi connectivity index (χ3v) is 8.91. The molecule has 0 bridgehead atoms. The van der Waals surface area contributed by atoms with E-state index in [1.54, 1.807) is 43.3 Å². The molecule has 8 heteroatoms. The summed E-state index contributed by atoms with van der Waals surface area (Å²) in [5.74, 6) is -2.65. The molecule has 1 aliphatic heterocycles. The third kappa shape index (κ3) is 4.09. The molecule has 2 amide bonds. The number of aromatic hydroxyl groups is 1. The molecule has 6 rings (SSSR count). The number of benzene rings is 2. The second-order valence-electron chi connectivity index (χ2n) is 10.6. The van der Waals surface area contributed by atoms with Crippen LogP contribution < -0.4 is 9.64 Å². The van der Waals surface area contributed by atoms with E-state index in [-0.39, 0.29) is 41.5 Å². The maximum absolute atomic E-state index is 13.9. The number of rotatable bonds is 4. The van der Waals surface area contributed by atoms with Crippen LogP contribution in [0.25, 0.3) is 6.08 Å². The molecule has 4 atom stereocenters. The summed E-state index contributed by atoms with van der Waals surface area (Å²) < 4.78 is 6.07. The van der Waals surface area contributed by atoms with E-state index >= 15 is 0 Å². The van der Waals surface area contributed by atoms with Crippen molar-refractivity contribution in [3.05, 3.63) is 93.0 Å². The molecule has 0 unspecified atom stereocenters. The molecule has 0 aromatic heterocycles. The number of carbonyl (C=O) groups is 4.